The summed E-state index contributed by atoms with van der Waals surface area (Å²) in [6.07, 6.45) is 14.3. The van der Waals surface area contributed by atoms with Gasteiger partial charge in [-0.15, -0.1) is 5.92 Å². The van der Waals surface area contributed by atoms with Crippen molar-refractivity contribution in [1.82, 2.24) is 4.90 Å². The highest BCUT2D eigenvalue weighted by Crippen LogP contribution is 2.48. The molecule has 300 valence electrons. The zero-order valence-electron chi connectivity index (χ0n) is 34.0. The summed E-state index contributed by atoms with van der Waals surface area (Å²) < 4.78 is 38.2. The van der Waals surface area contributed by atoms with Gasteiger partial charge in [0.1, 0.15) is 12.2 Å². The highest BCUT2D eigenvalue weighted by Gasteiger charge is 2.35. The van der Waals surface area contributed by atoms with Crippen molar-refractivity contribution in [3.63, 3.8) is 0 Å². The van der Waals surface area contributed by atoms with E-state index in [0.29, 0.717) is 26.3 Å². The van der Waals surface area contributed by atoms with Crippen LogP contribution in [0, 0.1) is 11.8 Å². The van der Waals surface area contributed by atoms with Gasteiger partial charge in [-0.3, -0.25) is 9.46 Å². The molecule has 0 radical (unpaired) electrons. The van der Waals surface area contributed by atoms with E-state index in [9.17, 15) is 4.57 Å². The van der Waals surface area contributed by atoms with Crippen molar-refractivity contribution in [2.75, 3.05) is 14.2 Å². The average molecular weight is 778 g/mol. The van der Waals surface area contributed by atoms with E-state index >= 15 is 0 Å². The lowest BCUT2D eigenvalue weighted by molar-refractivity contribution is -0.0907. The van der Waals surface area contributed by atoms with Crippen LogP contribution in [0.1, 0.15) is 99.8 Å². The molecule has 0 bridgehead atoms. The van der Waals surface area contributed by atoms with E-state index in [2.05, 4.69) is 96.5 Å². The second kappa shape index (κ2) is 27.0. The standard InChI is InChI=1S/C49H64NO5P/c1-4-5-6-7-8-9-10-11-12-13-14-27-36-48(54-41-45-32-23-17-24-33-45)49(55-42-46-34-25-18-26-35-46)47(37-38-56(51,52-2)53-3)50(39-43-28-19-15-20-29-43)40-44-30-21-16-22-31-44/h15-26,28-35,37-38,47-49H,4-14,39-42H2,1-3H3/b38-37+/t47-,48-,49-/m0/s1. The summed E-state index contributed by atoms with van der Waals surface area (Å²) in [7, 11) is -0.726. The first kappa shape index (κ1) is 44.9. The molecular weight excluding hydrogens is 714 g/mol. The van der Waals surface area contributed by atoms with Crippen LogP contribution in [0.4, 0.5) is 0 Å². The summed E-state index contributed by atoms with van der Waals surface area (Å²) in [5.41, 5.74) is 4.37. The highest BCUT2D eigenvalue weighted by molar-refractivity contribution is 7.57. The van der Waals surface area contributed by atoms with E-state index in [-0.39, 0.29) is 0 Å². The van der Waals surface area contributed by atoms with E-state index in [4.69, 9.17) is 18.5 Å². The minimum Gasteiger partial charge on any atom is -0.368 e. The van der Waals surface area contributed by atoms with Crippen molar-refractivity contribution in [3.8, 4) is 11.8 Å². The predicted octanol–water partition coefficient (Wildman–Crippen LogP) is 12.5. The molecule has 0 saturated heterocycles. The number of ether oxygens (including phenoxy) is 2. The Kier molecular flexibility index (Phi) is 21.6. The van der Waals surface area contributed by atoms with Crippen LogP contribution in [0.3, 0.4) is 0 Å². The van der Waals surface area contributed by atoms with Crippen molar-refractivity contribution < 1.29 is 23.1 Å². The molecule has 0 N–H and O–H groups in total. The van der Waals surface area contributed by atoms with Crippen molar-refractivity contribution in [3.05, 3.63) is 155 Å². The summed E-state index contributed by atoms with van der Waals surface area (Å²) in [6, 6.07) is 40.7. The van der Waals surface area contributed by atoms with Crippen molar-refractivity contribution in [2.24, 2.45) is 0 Å². The van der Waals surface area contributed by atoms with Gasteiger partial charge in [-0.1, -0.05) is 198 Å². The van der Waals surface area contributed by atoms with Gasteiger partial charge in [0, 0.05) is 39.5 Å². The summed E-state index contributed by atoms with van der Waals surface area (Å²) in [6.45, 7) is 4.17. The minimum atomic E-state index is -3.54. The smallest absolute Gasteiger partial charge is 0.353 e. The van der Waals surface area contributed by atoms with Gasteiger partial charge >= 0.3 is 7.60 Å². The number of hydrogen-bond donors (Lipinski definition) is 0. The Hall–Kier alpha value is -3.79. The van der Waals surface area contributed by atoms with Gasteiger partial charge in [-0.25, -0.2) is 0 Å². The van der Waals surface area contributed by atoms with Gasteiger partial charge in [0.2, 0.25) is 0 Å². The van der Waals surface area contributed by atoms with E-state index in [1.807, 2.05) is 54.6 Å². The predicted molar refractivity (Wildman–Crippen MR) is 231 cm³/mol. The van der Waals surface area contributed by atoms with Crippen LogP contribution >= 0.6 is 7.60 Å². The summed E-state index contributed by atoms with van der Waals surface area (Å²) in [5, 5.41) is 0. The molecule has 0 aliphatic carbocycles. The van der Waals surface area contributed by atoms with Gasteiger partial charge in [0.25, 0.3) is 0 Å². The molecule has 0 fully saturated rings. The first-order valence-corrected chi connectivity index (χ1v) is 22.2. The van der Waals surface area contributed by atoms with Gasteiger partial charge in [0.15, 0.2) is 0 Å². The van der Waals surface area contributed by atoms with Gasteiger partial charge in [-0.05, 0) is 28.7 Å². The van der Waals surface area contributed by atoms with Gasteiger partial charge < -0.3 is 18.5 Å². The SMILES string of the molecule is CCCCCCCCCCCCC#C[C@H](OCc1ccccc1)[C@@H](OCc1ccccc1)[C@H](/C=C/P(=O)(OC)OC)N(Cc1ccccc1)Cc1ccccc1. The number of hydrogen-bond acceptors (Lipinski definition) is 6. The molecular formula is C49H64NO5P. The molecule has 0 aliphatic heterocycles. The molecule has 0 aromatic heterocycles. The fourth-order valence-electron chi connectivity index (χ4n) is 6.72. The van der Waals surface area contributed by atoms with Crippen LogP contribution in [0.15, 0.2) is 133 Å². The molecule has 4 aromatic carbocycles. The maximum Gasteiger partial charge on any atom is 0.353 e. The summed E-state index contributed by atoms with van der Waals surface area (Å²) >= 11 is 0. The van der Waals surface area contributed by atoms with E-state index in [0.717, 1.165) is 35.1 Å². The Morgan fingerprint density at radius 2 is 1.02 bits per heavy atom. The molecule has 4 aromatic rings. The maximum atomic E-state index is 13.6. The molecule has 0 heterocycles. The molecule has 56 heavy (non-hydrogen) atoms. The molecule has 0 aliphatic rings. The lowest BCUT2D eigenvalue weighted by Gasteiger charge is -2.38. The van der Waals surface area contributed by atoms with Crippen molar-refractivity contribution >= 4 is 7.60 Å². The lowest BCUT2D eigenvalue weighted by atomic mass is 10.0. The fraction of sp³-hybridized carbons (Fsp3) is 0.429. The third kappa shape index (κ3) is 17.1. The molecule has 4 rings (SSSR count). The van der Waals surface area contributed by atoms with E-state index in [1.165, 1.54) is 72.0 Å². The zero-order valence-corrected chi connectivity index (χ0v) is 34.9. The molecule has 0 saturated carbocycles. The molecule has 0 spiro atoms. The van der Waals surface area contributed by atoms with Crippen LogP contribution in [0.2, 0.25) is 0 Å². The number of rotatable bonds is 27. The van der Waals surface area contributed by atoms with Crippen LogP contribution in [-0.4, -0.2) is 37.4 Å². The van der Waals surface area contributed by atoms with Crippen molar-refractivity contribution in [1.29, 1.82) is 0 Å². The largest absolute Gasteiger partial charge is 0.368 e. The Labute approximate surface area is 338 Å². The van der Waals surface area contributed by atoms with Gasteiger partial charge in [-0.2, -0.15) is 0 Å². The van der Waals surface area contributed by atoms with Crippen molar-refractivity contribution in [2.45, 2.75) is 122 Å². The monoisotopic (exact) mass is 777 g/mol. The Balaban J connectivity index is 1.70. The molecule has 7 heteroatoms. The summed E-state index contributed by atoms with van der Waals surface area (Å²) in [5.74, 6) is 8.63. The Morgan fingerprint density at radius 3 is 1.48 bits per heavy atom. The number of nitrogens with zero attached hydrogens (tertiary/aromatic N) is 1. The van der Waals surface area contributed by atoms with Gasteiger partial charge in [0.05, 0.1) is 19.3 Å². The second-order valence-corrected chi connectivity index (χ2v) is 16.5. The first-order valence-electron chi connectivity index (χ1n) is 20.6. The number of unbranched alkanes of at least 4 members (excludes halogenated alkanes) is 10. The average Bonchev–Trinajstić information content (AvgIpc) is 3.25. The lowest BCUT2D eigenvalue weighted by Crippen LogP contribution is -2.49. The molecule has 0 amide bonds. The Bertz CT molecular complexity index is 1680. The maximum absolute atomic E-state index is 13.6. The molecule has 3 atom stereocenters. The fourth-order valence-corrected chi connectivity index (χ4v) is 7.50. The van der Waals surface area contributed by atoms with Crippen LogP contribution in [0.25, 0.3) is 0 Å². The highest BCUT2D eigenvalue weighted by atomic mass is 31.2. The number of benzene rings is 4. The second-order valence-electron chi connectivity index (χ2n) is 14.3. The van der Waals surface area contributed by atoms with Crippen LogP contribution in [-0.2, 0) is 49.4 Å². The summed E-state index contributed by atoms with van der Waals surface area (Å²) in [4.78, 5) is 2.34. The normalized spacial score (nSPS) is 13.4. The topological polar surface area (TPSA) is 57.2 Å². The Morgan fingerprint density at radius 1 is 0.589 bits per heavy atom. The molecule has 0 unspecified atom stereocenters. The minimum absolute atomic E-state index is 0.345. The third-order valence-electron chi connectivity index (χ3n) is 9.95. The third-order valence-corrected chi connectivity index (χ3v) is 11.5. The quantitative estimate of drug-likeness (QED) is 0.0341. The van der Waals surface area contributed by atoms with E-state index in [1.54, 1.807) is 5.82 Å². The van der Waals surface area contributed by atoms with Crippen LogP contribution < -0.4 is 0 Å². The van der Waals surface area contributed by atoms with E-state index < -0.39 is 25.8 Å². The molecule has 6 nitrogen and oxygen atoms in total. The van der Waals surface area contributed by atoms with Crippen LogP contribution in [0.5, 0.6) is 0 Å². The zero-order chi connectivity index (χ0) is 39.5. The first-order chi connectivity index (χ1) is 27.5.